The van der Waals surface area contributed by atoms with Crippen LogP contribution in [0.1, 0.15) is 0 Å². The van der Waals surface area contributed by atoms with E-state index in [2.05, 4.69) is 5.32 Å². The highest BCUT2D eigenvalue weighted by Crippen LogP contribution is 2.41. The van der Waals surface area contributed by atoms with Gasteiger partial charge in [-0.05, 0) is 6.07 Å². The summed E-state index contributed by atoms with van der Waals surface area (Å²) in [5.41, 5.74) is 1.08. The molecule has 23 heavy (non-hydrogen) atoms. The van der Waals surface area contributed by atoms with Gasteiger partial charge in [0.25, 0.3) is 5.69 Å². The van der Waals surface area contributed by atoms with Gasteiger partial charge in [0, 0.05) is 30.0 Å². The summed E-state index contributed by atoms with van der Waals surface area (Å²) in [6.07, 6.45) is 0. The Morgan fingerprint density at radius 2 is 1.65 bits per heavy atom. The van der Waals surface area contributed by atoms with Crippen LogP contribution >= 0.6 is 11.6 Å². The molecule has 8 heteroatoms. The first-order chi connectivity index (χ1) is 11.0. The number of rotatable bonds is 6. The van der Waals surface area contributed by atoms with Gasteiger partial charge in [-0.3, -0.25) is 10.1 Å². The lowest BCUT2D eigenvalue weighted by atomic mass is 10.2. The number of nitrogens with zero attached hydrogens (tertiary/aromatic N) is 1. The van der Waals surface area contributed by atoms with Gasteiger partial charge in [-0.1, -0.05) is 11.6 Å². The highest BCUT2D eigenvalue weighted by Gasteiger charge is 2.15. The number of ether oxygens (including phenoxy) is 3. The zero-order valence-corrected chi connectivity index (χ0v) is 13.5. The molecule has 0 heterocycles. The van der Waals surface area contributed by atoms with Crippen LogP contribution in [-0.2, 0) is 0 Å². The molecule has 0 aromatic heterocycles. The SMILES string of the molecule is COc1cc(Nc2ccc([N+](=O)[O-])cc2Cl)cc(OC)c1OC. The minimum absolute atomic E-state index is 0.0783. The van der Waals surface area contributed by atoms with E-state index in [0.717, 1.165) is 0 Å². The molecule has 2 rings (SSSR count). The van der Waals surface area contributed by atoms with Crippen LogP contribution in [0.4, 0.5) is 17.1 Å². The molecule has 2 aromatic rings. The van der Waals surface area contributed by atoms with E-state index in [1.165, 1.54) is 39.5 Å². The van der Waals surface area contributed by atoms with E-state index in [0.29, 0.717) is 28.6 Å². The van der Waals surface area contributed by atoms with Crippen molar-refractivity contribution >= 4 is 28.7 Å². The molecular formula is C15H15ClN2O5. The summed E-state index contributed by atoms with van der Waals surface area (Å²) in [4.78, 5) is 10.2. The van der Waals surface area contributed by atoms with Gasteiger partial charge >= 0.3 is 0 Å². The van der Waals surface area contributed by atoms with E-state index >= 15 is 0 Å². The first-order valence-corrected chi connectivity index (χ1v) is 6.89. The normalized spacial score (nSPS) is 10.1. The first-order valence-electron chi connectivity index (χ1n) is 6.51. The van der Waals surface area contributed by atoms with Crippen molar-refractivity contribution < 1.29 is 19.1 Å². The molecule has 0 spiro atoms. The van der Waals surface area contributed by atoms with Gasteiger partial charge < -0.3 is 19.5 Å². The molecule has 0 amide bonds. The van der Waals surface area contributed by atoms with Gasteiger partial charge in [0.05, 0.1) is 37.0 Å². The number of methoxy groups -OCH3 is 3. The highest BCUT2D eigenvalue weighted by molar-refractivity contribution is 6.33. The molecule has 0 saturated heterocycles. The molecule has 0 aliphatic carbocycles. The van der Waals surface area contributed by atoms with E-state index in [1.54, 1.807) is 12.1 Å². The van der Waals surface area contributed by atoms with E-state index in [1.807, 2.05) is 0 Å². The van der Waals surface area contributed by atoms with Crippen LogP contribution < -0.4 is 19.5 Å². The number of hydrogen-bond acceptors (Lipinski definition) is 6. The summed E-state index contributed by atoms with van der Waals surface area (Å²) in [5, 5.41) is 14.0. The second-order valence-corrected chi connectivity index (χ2v) is 4.87. The molecule has 0 radical (unpaired) electrons. The van der Waals surface area contributed by atoms with Crippen molar-refractivity contribution in [1.29, 1.82) is 0 Å². The lowest BCUT2D eigenvalue weighted by Crippen LogP contribution is -1.98. The van der Waals surface area contributed by atoms with Crippen LogP contribution in [0.2, 0.25) is 5.02 Å². The van der Waals surface area contributed by atoms with E-state index < -0.39 is 4.92 Å². The number of nitrogens with one attached hydrogen (secondary N) is 1. The Balaban J connectivity index is 2.38. The van der Waals surface area contributed by atoms with Crippen LogP contribution in [0, 0.1) is 10.1 Å². The predicted octanol–water partition coefficient (Wildman–Crippen LogP) is 4.02. The molecule has 0 bridgehead atoms. The number of non-ortho nitro benzene ring substituents is 1. The quantitative estimate of drug-likeness (QED) is 0.632. The predicted molar refractivity (Wildman–Crippen MR) is 87.5 cm³/mol. The van der Waals surface area contributed by atoms with E-state index in [9.17, 15) is 10.1 Å². The highest BCUT2D eigenvalue weighted by atomic mass is 35.5. The standard InChI is InChI=1S/C15H15ClN2O5/c1-21-13-6-9(7-14(22-2)15(13)23-3)17-12-5-4-10(18(19)20)8-11(12)16/h4-8,17H,1-3H3. The van der Waals surface area contributed by atoms with Crippen LogP contribution in [0.15, 0.2) is 30.3 Å². The van der Waals surface area contributed by atoms with Crippen molar-refractivity contribution in [3.05, 3.63) is 45.5 Å². The number of nitro groups is 1. The number of halogens is 1. The van der Waals surface area contributed by atoms with Crippen LogP contribution in [0.3, 0.4) is 0 Å². The summed E-state index contributed by atoms with van der Waals surface area (Å²) < 4.78 is 15.8. The maximum absolute atomic E-state index is 10.7. The fraction of sp³-hybridized carbons (Fsp3) is 0.200. The zero-order valence-electron chi connectivity index (χ0n) is 12.8. The number of benzene rings is 2. The van der Waals surface area contributed by atoms with Crippen molar-refractivity contribution in [3.8, 4) is 17.2 Å². The lowest BCUT2D eigenvalue weighted by Gasteiger charge is -2.15. The Hall–Kier alpha value is -2.67. The van der Waals surface area contributed by atoms with Gasteiger partial charge in [0.15, 0.2) is 11.5 Å². The van der Waals surface area contributed by atoms with Crippen LogP contribution in [-0.4, -0.2) is 26.3 Å². The van der Waals surface area contributed by atoms with Crippen molar-refractivity contribution in [2.24, 2.45) is 0 Å². The average Bonchev–Trinajstić information content (AvgIpc) is 2.55. The van der Waals surface area contributed by atoms with E-state index in [-0.39, 0.29) is 10.7 Å². The molecular weight excluding hydrogens is 324 g/mol. The topological polar surface area (TPSA) is 82.9 Å². The van der Waals surface area contributed by atoms with Crippen LogP contribution in [0.5, 0.6) is 17.2 Å². The fourth-order valence-corrected chi connectivity index (χ4v) is 2.25. The molecule has 1 N–H and O–H groups in total. The minimum atomic E-state index is -0.505. The van der Waals surface area contributed by atoms with Gasteiger partial charge in [-0.15, -0.1) is 0 Å². The second-order valence-electron chi connectivity index (χ2n) is 4.46. The molecule has 0 aliphatic heterocycles. The molecule has 2 aromatic carbocycles. The van der Waals surface area contributed by atoms with Gasteiger partial charge in [0.2, 0.25) is 5.75 Å². The molecule has 0 fully saturated rings. The summed E-state index contributed by atoms with van der Waals surface area (Å²) in [7, 11) is 4.54. The molecule has 0 atom stereocenters. The fourth-order valence-electron chi connectivity index (χ4n) is 2.03. The first kappa shape index (κ1) is 16.7. The third-order valence-electron chi connectivity index (χ3n) is 3.11. The maximum atomic E-state index is 10.7. The van der Waals surface area contributed by atoms with Gasteiger partial charge in [-0.2, -0.15) is 0 Å². The third-order valence-corrected chi connectivity index (χ3v) is 3.42. The molecule has 0 aliphatic rings. The monoisotopic (exact) mass is 338 g/mol. The Kier molecular flexibility index (Phi) is 5.13. The smallest absolute Gasteiger partial charge is 0.271 e. The Labute approximate surface area is 137 Å². The van der Waals surface area contributed by atoms with Crippen LogP contribution in [0.25, 0.3) is 0 Å². The Morgan fingerprint density at radius 1 is 1.04 bits per heavy atom. The third kappa shape index (κ3) is 3.57. The second kappa shape index (κ2) is 7.06. The molecule has 7 nitrogen and oxygen atoms in total. The number of hydrogen-bond donors (Lipinski definition) is 1. The minimum Gasteiger partial charge on any atom is -0.493 e. The van der Waals surface area contributed by atoms with E-state index in [4.69, 9.17) is 25.8 Å². The molecule has 0 saturated carbocycles. The Bertz CT molecular complexity index is 711. The lowest BCUT2D eigenvalue weighted by molar-refractivity contribution is -0.384. The number of anilines is 2. The summed E-state index contributed by atoms with van der Waals surface area (Å²) in [6.45, 7) is 0. The summed E-state index contributed by atoms with van der Waals surface area (Å²) in [5.74, 6) is 1.43. The maximum Gasteiger partial charge on any atom is 0.271 e. The van der Waals surface area contributed by atoms with Crippen molar-refractivity contribution in [3.63, 3.8) is 0 Å². The van der Waals surface area contributed by atoms with Gasteiger partial charge in [-0.25, -0.2) is 0 Å². The van der Waals surface area contributed by atoms with Crippen molar-refractivity contribution in [2.75, 3.05) is 26.6 Å². The summed E-state index contributed by atoms with van der Waals surface area (Å²) >= 11 is 6.08. The van der Waals surface area contributed by atoms with Gasteiger partial charge in [0.1, 0.15) is 0 Å². The molecule has 122 valence electrons. The zero-order chi connectivity index (χ0) is 17.0. The Morgan fingerprint density at radius 3 is 2.09 bits per heavy atom. The van der Waals surface area contributed by atoms with Crippen molar-refractivity contribution in [1.82, 2.24) is 0 Å². The average molecular weight is 339 g/mol. The number of nitro benzene ring substituents is 1. The molecule has 0 unspecified atom stereocenters. The summed E-state index contributed by atoms with van der Waals surface area (Å²) in [6, 6.07) is 7.59. The van der Waals surface area contributed by atoms with Crippen molar-refractivity contribution in [2.45, 2.75) is 0 Å². The largest absolute Gasteiger partial charge is 0.493 e.